The van der Waals surface area contributed by atoms with Gasteiger partial charge in [-0.05, 0) is 13.3 Å². The minimum atomic E-state index is -1.52. The van der Waals surface area contributed by atoms with E-state index in [-0.39, 0.29) is 30.3 Å². The Balaban J connectivity index is 2.01. The summed E-state index contributed by atoms with van der Waals surface area (Å²) in [6, 6.07) is 0. The second-order valence-corrected chi connectivity index (χ2v) is 8.45. The van der Waals surface area contributed by atoms with Gasteiger partial charge >= 0.3 is 11.9 Å². The summed E-state index contributed by atoms with van der Waals surface area (Å²) in [5.41, 5.74) is -0.849. The number of aliphatic hydroxyl groups excluding tert-OH is 1. The molecule has 0 saturated carbocycles. The van der Waals surface area contributed by atoms with Gasteiger partial charge in [-0.3, -0.25) is 4.79 Å². The first-order valence-corrected chi connectivity index (χ1v) is 9.18. The van der Waals surface area contributed by atoms with Gasteiger partial charge < -0.3 is 24.4 Å². The number of rotatable bonds is 2. The van der Waals surface area contributed by atoms with E-state index in [1.165, 1.54) is 0 Å². The number of hydrogen-bond acceptors (Lipinski definition) is 7. The van der Waals surface area contributed by atoms with Gasteiger partial charge in [0.25, 0.3) is 0 Å². The van der Waals surface area contributed by atoms with E-state index in [4.69, 9.17) is 14.2 Å². The summed E-state index contributed by atoms with van der Waals surface area (Å²) in [4.78, 5) is 24.4. The van der Waals surface area contributed by atoms with Crippen molar-refractivity contribution < 1.29 is 34.0 Å². The van der Waals surface area contributed by atoms with Gasteiger partial charge in [0.05, 0.1) is 23.5 Å². The average Bonchev–Trinajstić information content (AvgIpc) is 2.93. The van der Waals surface area contributed by atoms with Crippen molar-refractivity contribution in [2.24, 2.45) is 17.8 Å². The highest BCUT2D eigenvalue weighted by atomic mass is 16.7. The first-order valence-electron chi connectivity index (χ1n) is 9.18. The van der Waals surface area contributed by atoms with Gasteiger partial charge in [0.2, 0.25) is 0 Å². The van der Waals surface area contributed by atoms with E-state index in [9.17, 15) is 19.8 Å². The highest BCUT2D eigenvalue weighted by molar-refractivity contribution is 5.91. The molecule has 3 heterocycles. The maximum atomic E-state index is 12.3. The van der Waals surface area contributed by atoms with E-state index in [1.807, 2.05) is 0 Å². The second-order valence-electron chi connectivity index (χ2n) is 8.45. The molecule has 146 valence electrons. The molecular formula is C19H28O7. The molecule has 0 radical (unpaired) electrons. The molecule has 3 rings (SSSR count). The van der Waals surface area contributed by atoms with Crippen molar-refractivity contribution >= 4 is 11.9 Å². The largest absolute Gasteiger partial charge is 0.461 e. The Bertz CT molecular complexity index is 629. The summed E-state index contributed by atoms with van der Waals surface area (Å²) in [5.74, 6) is -3.69. The van der Waals surface area contributed by atoms with Crippen LogP contribution in [0.1, 0.15) is 47.0 Å². The molecule has 0 aromatic heterocycles. The zero-order valence-corrected chi connectivity index (χ0v) is 15.7. The molecule has 3 aliphatic rings. The SMILES string of the molecule is C=C1C(=O)OC2CC(C)[C@]3(O)CC(O)[C@@](C)(CC(OC(=O)C(C)C)C12)O3. The average molecular weight is 368 g/mol. The lowest BCUT2D eigenvalue weighted by molar-refractivity contribution is -0.253. The third-order valence-electron chi connectivity index (χ3n) is 6.03. The number of ether oxygens (including phenoxy) is 3. The van der Waals surface area contributed by atoms with Crippen molar-refractivity contribution in [2.75, 3.05) is 0 Å². The van der Waals surface area contributed by atoms with Crippen LogP contribution >= 0.6 is 0 Å². The smallest absolute Gasteiger partial charge is 0.334 e. The summed E-state index contributed by atoms with van der Waals surface area (Å²) in [7, 11) is 0. The van der Waals surface area contributed by atoms with Gasteiger partial charge in [0.15, 0.2) is 5.79 Å². The van der Waals surface area contributed by atoms with Crippen molar-refractivity contribution in [3.05, 3.63) is 12.2 Å². The minimum absolute atomic E-state index is 0.0573. The Morgan fingerprint density at radius 1 is 1.38 bits per heavy atom. The Kier molecular flexibility index (Phi) is 4.70. The van der Waals surface area contributed by atoms with Gasteiger partial charge in [-0.2, -0.15) is 0 Å². The first-order chi connectivity index (χ1) is 12.0. The van der Waals surface area contributed by atoms with E-state index >= 15 is 0 Å². The molecule has 3 saturated heterocycles. The molecule has 7 nitrogen and oxygen atoms in total. The number of esters is 2. The number of hydrogen-bond donors (Lipinski definition) is 2. The van der Waals surface area contributed by atoms with Gasteiger partial charge in [0.1, 0.15) is 12.2 Å². The topological polar surface area (TPSA) is 102 Å². The standard InChI is InChI=1S/C19H28O7/c1-9(2)16(21)25-13-7-18(5)14(20)8-19(23,26-18)10(3)6-12-15(13)11(4)17(22)24-12/h9-10,12-15,20,23H,4,6-8H2,1-3,5H3/t10?,12?,13?,14?,15?,18-,19+/m1/s1. The zero-order chi connectivity index (χ0) is 19.4. The Morgan fingerprint density at radius 3 is 2.65 bits per heavy atom. The predicted octanol–water partition coefficient (Wildman–Crippen LogP) is 1.31. The summed E-state index contributed by atoms with van der Waals surface area (Å²) in [6.07, 6.45) is -1.69. The van der Waals surface area contributed by atoms with Crippen LogP contribution in [0.25, 0.3) is 0 Å². The lowest BCUT2D eigenvalue weighted by atomic mass is 9.78. The van der Waals surface area contributed by atoms with E-state index in [0.717, 1.165) is 0 Å². The maximum absolute atomic E-state index is 12.3. The molecule has 7 atom stereocenters. The van der Waals surface area contributed by atoms with Crippen LogP contribution in [0.4, 0.5) is 0 Å². The molecule has 0 aliphatic carbocycles. The van der Waals surface area contributed by atoms with Crippen LogP contribution < -0.4 is 0 Å². The highest BCUT2D eigenvalue weighted by Gasteiger charge is 2.60. The fraction of sp³-hybridized carbons (Fsp3) is 0.789. The molecule has 0 spiro atoms. The van der Waals surface area contributed by atoms with Crippen molar-refractivity contribution in [2.45, 2.75) is 76.7 Å². The summed E-state index contributed by atoms with van der Waals surface area (Å²) >= 11 is 0. The van der Waals surface area contributed by atoms with Crippen molar-refractivity contribution in [3.8, 4) is 0 Å². The predicted molar refractivity (Wildman–Crippen MR) is 90.7 cm³/mol. The zero-order valence-electron chi connectivity index (χ0n) is 15.7. The molecule has 0 amide bonds. The molecule has 0 aromatic carbocycles. The minimum Gasteiger partial charge on any atom is -0.461 e. The molecule has 0 aromatic rings. The van der Waals surface area contributed by atoms with Gasteiger partial charge in [-0.25, -0.2) is 4.79 Å². The molecule has 5 unspecified atom stereocenters. The van der Waals surface area contributed by atoms with Crippen LogP contribution in [0.5, 0.6) is 0 Å². The van der Waals surface area contributed by atoms with E-state index in [0.29, 0.717) is 6.42 Å². The van der Waals surface area contributed by atoms with Crippen molar-refractivity contribution in [1.82, 2.24) is 0 Å². The Hall–Kier alpha value is -1.44. The van der Waals surface area contributed by atoms with Gasteiger partial charge in [-0.1, -0.05) is 27.4 Å². The quantitative estimate of drug-likeness (QED) is 0.560. The van der Waals surface area contributed by atoms with E-state index < -0.39 is 47.6 Å². The van der Waals surface area contributed by atoms with Crippen LogP contribution in [0.2, 0.25) is 0 Å². The van der Waals surface area contributed by atoms with Crippen LogP contribution in [0, 0.1) is 17.8 Å². The Labute approximate surface area is 153 Å². The van der Waals surface area contributed by atoms with Gasteiger partial charge in [0, 0.05) is 24.3 Å². The fourth-order valence-electron chi connectivity index (χ4n) is 4.25. The highest BCUT2D eigenvalue weighted by Crippen LogP contribution is 2.49. The molecule has 3 fully saturated rings. The number of fused-ring (bicyclic) bond motifs is 3. The van der Waals surface area contributed by atoms with Crippen LogP contribution in [-0.2, 0) is 23.8 Å². The van der Waals surface area contributed by atoms with Crippen molar-refractivity contribution in [3.63, 3.8) is 0 Å². The molecule has 26 heavy (non-hydrogen) atoms. The van der Waals surface area contributed by atoms with Crippen LogP contribution in [0.15, 0.2) is 12.2 Å². The summed E-state index contributed by atoms with van der Waals surface area (Å²) < 4.78 is 17.1. The van der Waals surface area contributed by atoms with E-state index in [2.05, 4.69) is 6.58 Å². The molecule has 7 heteroatoms. The molecule has 2 bridgehead atoms. The lowest BCUT2D eigenvalue weighted by Gasteiger charge is -2.34. The normalized spacial score (nSPS) is 45.6. The number of carbonyl (C=O) groups is 2. The van der Waals surface area contributed by atoms with Crippen LogP contribution in [0.3, 0.4) is 0 Å². The van der Waals surface area contributed by atoms with Gasteiger partial charge in [-0.15, -0.1) is 0 Å². The van der Waals surface area contributed by atoms with E-state index in [1.54, 1.807) is 27.7 Å². The molecular weight excluding hydrogens is 340 g/mol. The first kappa shape index (κ1) is 19.3. The lowest BCUT2D eigenvalue weighted by Crippen LogP contribution is -2.44. The maximum Gasteiger partial charge on any atom is 0.334 e. The number of carbonyl (C=O) groups excluding carboxylic acids is 2. The van der Waals surface area contributed by atoms with Crippen LogP contribution in [-0.4, -0.2) is 51.9 Å². The third kappa shape index (κ3) is 3.06. The third-order valence-corrected chi connectivity index (χ3v) is 6.03. The molecule has 3 aliphatic heterocycles. The Morgan fingerprint density at radius 2 is 2.04 bits per heavy atom. The monoisotopic (exact) mass is 368 g/mol. The summed E-state index contributed by atoms with van der Waals surface area (Å²) in [5, 5.41) is 21.5. The van der Waals surface area contributed by atoms with Crippen molar-refractivity contribution in [1.29, 1.82) is 0 Å². The number of aliphatic hydroxyl groups is 2. The fourth-order valence-corrected chi connectivity index (χ4v) is 4.25. The molecule has 2 N–H and O–H groups in total. The summed E-state index contributed by atoms with van der Waals surface area (Å²) in [6.45, 7) is 10.8. The second kappa shape index (κ2) is 6.32.